The molecule has 1 fully saturated rings. The molecule has 4 nitrogen and oxygen atoms in total. The Morgan fingerprint density at radius 1 is 1.35 bits per heavy atom. The molecule has 0 spiro atoms. The van der Waals surface area contributed by atoms with Crippen molar-refractivity contribution < 1.29 is 14.6 Å². The van der Waals surface area contributed by atoms with Crippen LogP contribution < -0.4 is 5.32 Å². The Morgan fingerprint density at radius 3 is 2.71 bits per heavy atom. The summed E-state index contributed by atoms with van der Waals surface area (Å²) in [6.07, 6.45) is 5.55. The first-order chi connectivity index (χ1) is 8.27. The second-order valence-electron chi connectivity index (χ2n) is 4.84. The van der Waals surface area contributed by atoms with Gasteiger partial charge in [0.15, 0.2) is 0 Å². The molecule has 0 radical (unpaired) electrons. The van der Waals surface area contributed by atoms with Gasteiger partial charge >= 0.3 is 0 Å². The van der Waals surface area contributed by atoms with E-state index < -0.39 is 0 Å². The van der Waals surface area contributed by atoms with Gasteiger partial charge in [-0.25, -0.2) is 0 Å². The summed E-state index contributed by atoms with van der Waals surface area (Å²) in [6, 6.07) is 0. The van der Waals surface area contributed by atoms with Crippen molar-refractivity contribution in [3.63, 3.8) is 0 Å². The lowest BCUT2D eigenvalue weighted by Gasteiger charge is -2.30. The molecule has 1 saturated carbocycles. The zero-order valence-corrected chi connectivity index (χ0v) is 10.8. The number of ether oxygens (including phenoxy) is 1. The molecule has 2 atom stereocenters. The zero-order valence-electron chi connectivity index (χ0n) is 10.8. The number of rotatable bonds is 7. The van der Waals surface area contributed by atoms with Gasteiger partial charge in [0.1, 0.15) is 6.61 Å². The molecule has 0 bridgehead atoms. The predicted molar refractivity (Wildman–Crippen MR) is 66.7 cm³/mol. The van der Waals surface area contributed by atoms with Crippen LogP contribution in [0.2, 0.25) is 0 Å². The number of aliphatic hydroxyl groups excluding tert-OH is 1. The van der Waals surface area contributed by atoms with Crippen molar-refractivity contribution in [2.45, 2.75) is 39.0 Å². The third kappa shape index (κ3) is 5.50. The van der Waals surface area contributed by atoms with E-state index in [2.05, 4.69) is 5.32 Å². The molecule has 0 aromatic rings. The highest BCUT2D eigenvalue weighted by Gasteiger charge is 2.24. The first kappa shape index (κ1) is 14.5. The van der Waals surface area contributed by atoms with Crippen LogP contribution in [0.3, 0.4) is 0 Å². The van der Waals surface area contributed by atoms with Crippen LogP contribution in [0.15, 0.2) is 0 Å². The third-order valence-electron chi connectivity index (χ3n) is 3.44. The van der Waals surface area contributed by atoms with Crippen LogP contribution in [0.5, 0.6) is 0 Å². The minimum atomic E-state index is -0.0410. The van der Waals surface area contributed by atoms with Crippen molar-refractivity contribution in [1.29, 1.82) is 0 Å². The number of carbonyl (C=O) groups excluding carboxylic acids is 1. The molecule has 0 saturated heterocycles. The van der Waals surface area contributed by atoms with E-state index in [0.717, 1.165) is 19.3 Å². The highest BCUT2D eigenvalue weighted by molar-refractivity contribution is 5.77. The fraction of sp³-hybridized carbons (Fsp3) is 0.923. The summed E-state index contributed by atoms with van der Waals surface area (Å²) in [5.74, 6) is 0.755. The van der Waals surface area contributed by atoms with Gasteiger partial charge in [0, 0.05) is 19.8 Å². The van der Waals surface area contributed by atoms with Crippen molar-refractivity contribution >= 4 is 5.91 Å². The summed E-state index contributed by atoms with van der Waals surface area (Å²) >= 11 is 0. The molecular formula is C13H25NO3. The van der Waals surface area contributed by atoms with E-state index in [-0.39, 0.29) is 19.1 Å². The Morgan fingerprint density at radius 2 is 2.06 bits per heavy atom. The standard InChI is InChI=1S/C13H25NO3/c1-2-7-17-10-13(16)14-8-11-5-3-4-6-12(11)9-15/h11-12,15H,2-10H2,1H3,(H,14,16). The van der Waals surface area contributed by atoms with Crippen LogP contribution in [0.4, 0.5) is 0 Å². The summed E-state index contributed by atoms with van der Waals surface area (Å²) in [6.45, 7) is 3.73. The molecule has 17 heavy (non-hydrogen) atoms. The smallest absolute Gasteiger partial charge is 0.246 e. The van der Waals surface area contributed by atoms with E-state index in [1.54, 1.807) is 0 Å². The Balaban J connectivity index is 2.17. The van der Waals surface area contributed by atoms with E-state index >= 15 is 0 Å². The summed E-state index contributed by atoms with van der Waals surface area (Å²) in [5.41, 5.74) is 0. The molecule has 0 aromatic heterocycles. The van der Waals surface area contributed by atoms with E-state index in [4.69, 9.17) is 4.74 Å². The highest BCUT2D eigenvalue weighted by atomic mass is 16.5. The third-order valence-corrected chi connectivity index (χ3v) is 3.44. The minimum absolute atomic E-state index is 0.0410. The molecular weight excluding hydrogens is 218 g/mol. The maximum Gasteiger partial charge on any atom is 0.246 e. The van der Waals surface area contributed by atoms with Crippen LogP contribution in [0, 0.1) is 11.8 Å². The second-order valence-corrected chi connectivity index (χ2v) is 4.84. The number of aliphatic hydroxyl groups is 1. The molecule has 0 aliphatic heterocycles. The average Bonchev–Trinajstić information content (AvgIpc) is 2.37. The number of hydrogen-bond donors (Lipinski definition) is 2. The molecule has 4 heteroatoms. The van der Waals surface area contributed by atoms with Crippen LogP contribution in [-0.2, 0) is 9.53 Å². The molecule has 1 aliphatic carbocycles. The van der Waals surface area contributed by atoms with Crippen LogP contribution >= 0.6 is 0 Å². The minimum Gasteiger partial charge on any atom is -0.396 e. The first-order valence-electron chi connectivity index (χ1n) is 6.73. The van der Waals surface area contributed by atoms with Gasteiger partial charge in [-0.3, -0.25) is 4.79 Å². The van der Waals surface area contributed by atoms with Gasteiger partial charge in [-0.15, -0.1) is 0 Å². The second kappa shape index (κ2) is 8.48. The zero-order chi connectivity index (χ0) is 12.5. The van der Waals surface area contributed by atoms with Gasteiger partial charge in [0.25, 0.3) is 0 Å². The molecule has 0 aromatic carbocycles. The molecule has 2 unspecified atom stereocenters. The fourth-order valence-corrected chi connectivity index (χ4v) is 2.40. The monoisotopic (exact) mass is 243 g/mol. The van der Waals surface area contributed by atoms with Gasteiger partial charge in [0.2, 0.25) is 5.91 Å². The van der Waals surface area contributed by atoms with E-state index in [1.807, 2.05) is 6.92 Å². The molecule has 2 N–H and O–H groups in total. The van der Waals surface area contributed by atoms with Crippen molar-refractivity contribution in [1.82, 2.24) is 5.32 Å². The predicted octanol–water partition coefficient (Wildman–Crippen LogP) is 1.33. The molecule has 0 heterocycles. The Kier molecular flexibility index (Phi) is 7.21. The Hall–Kier alpha value is -0.610. The molecule has 1 amide bonds. The highest BCUT2D eigenvalue weighted by Crippen LogP contribution is 2.28. The van der Waals surface area contributed by atoms with Crippen LogP contribution in [0.25, 0.3) is 0 Å². The van der Waals surface area contributed by atoms with Gasteiger partial charge in [0.05, 0.1) is 0 Å². The normalized spacial score (nSPS) is 24.6. The van der Waals surface area contributed by atoms with Crippen LogP contribution in [-0.4, -0.2) is 37.4 Å². The number of amides is 1. The number of nitrogens with one attached hydrogen (secondary N) is 1. The van der Waals surface area contributed by atoms with Crippen molar-refractivity contribution in [3.8, 4) is 0 Å². The number of hydrogen-bond acceptors (Lipinski definition) is 3. The lowest BCUT2D eigenvalue weighted by atomic mass is 9.79. The Labute approximate surface area is 104 Å². The van der Waals surface area contributed by atoms with E-state index in [9.17, 15) is 9.90 Å². The largest absolute Gasteiger partial charge is 0.396 e. The summed E-state index contributed by atoms with van der Waals surface area (Å²) in [4.78, 5) is 11.5. The maximum atomic E-state index is 11.5. The van der Waals surface area contributed by atoms with Crippen LogP contribution in [0.1, 0.15) is 39.0 Å². The quantitative estimate of drug-likeness (QED) is 0.663. The topological polar surface area (TPSA) is 58.6 Å². The summed E-state index contributed by atoms with van der Waals surface area (Å²) < 4.78 is 5.18. The van der Waals surface area contributed by atoms with Gasteiger partial charge < -0.3 is 15.2 Å². The first-order valence-corrected chi connectivity index (χ1v) is 6.73. The lowest BCUT2D eigenvalue weighted by molar-refractivity contribution is -0.126. The molecule has 1 aliphatic rings. The molecule has 1 rings (SSSR count). The van der Waals surface area contributed by atoms with Gasteiger partial charge in [-0.2, -0.15) is 0 Å². The van der Waals surface area contributed by atoms with Gasteiger partial charge in [-0.05, 0) is 31.1 Å². The maximum absolute atomic E-state index is 11.5. The van der Waals surface area contributed by atoms with Crippen molar-refractivity contribution in [3.05, 3.63) is 0 Å². The van der Waals surface area contributed by atoms with E-state index in [1.165, 1.54) is 12.8 Å². The number of carbonyl (C=O) groups is 1. The molecule has 100 valence electrons. The van der Waals surface area contributed by atoms with Crippen molar-refractivity contribution in [2.75, 3.05) is 26.4 Å². The van der Waals surface area contributed by atoms with Gasteiger partial charge in [-0.1, -0.05) is 19.8 Å². The Bertz CT molecular complexity index is 221. The summed E-state index contributed by atoms with van der Waals surface area (Å²) in [7, 11) is 0. The SMILES string of the molecule is CCCOCC(=O)NCC1CCCCC1CO. The lowest BCUT2D eigenvalue weighted by Crippen LogP contribution is -2.37. The van der Waals surface area contributed by atoms with E-state index in [0.29, 0.717) is 25.0 Å². The van der Waals surface area contributed by atoms with Crippen molar-refractivity contribution in [2.24, 2.45) is 11.8 Å². The average molecular weight is 243 g/mol. The summed E-state index contributed by atoms with van der Waals surface area (Å²) in [5, 5.41) is 12.2. The fourth-order valence-electron chi connectivity index (χ4n) is 2.40.